The summed E-state index contributed by atoms with van der Waals surface area (Å²) in [6.45, 7) is 14.8. The Morgan fingerprint density at radius 1 is 1.43 bits per heavy atom. The van der Waals surface area contributed by atoms with Gasteiger partial charge in [-0.05, 0) is 32.5 Å². The number of nitrogens with zero attached hydrogens (tertiary/aromatic N) is 2. The Morgan fingerprint density at radius 2 is 2.17 bits per heavy atom. The standard InChI is InChI=1S/C15H34N6O2/c1-5-16-9-12(3)11-20(6-2)8-7-17-15-18-10-14(21(22)23)13(4)19-15/h12-19H,5-11H2,1-4H3/t12-,13+,14+,15-/m0/s1. The van der Waals surface area contributed by atoms with Crippen molar-refractivity contribution in [2.45, 2.75) is 46.1 Å². The molecular weight excluding hydrogens is 296 g/mol. The molecule has 0 bridgehead atoms. The van der Waals surface area contributed by atoms with E-state index >= 15 is 0 Å². The Kier molecular flexibility index (Phi) is 9.57. The molecule has 1 rings (SSSR count). The van der Waals surface area contributed by atoms with Gasteiger partial charge in [-0.3, -0.25) is 26.1 Å². The Hall–Kier alpha value is -0.800. The van der Waals surface area contributed by atoms with Crippen molar-refractivity contribution < 1.29 is 4.92 Å². The van der Waals surface area contributed by atoms with E-state index in [0.717, 1.165) is 39.3 Å². The molecule has 0 amide bonds. The number of likely N-dealkylation sites (N-methyl/N-ethyl adjacent to an activating group) is 1. The predicted octanol–water partition coefficient (Wildman–Crippen LogP) is -0.346. The predicted molar refractivity (Wildman–Crippen MR) is 93.0 cm³/mol. The Labute approximate surface area is 139 Å². The third-order valence-corrected chi connectivity index (χ3v) is 4.34. The molecule has 1 fully saturated rings. The normalized spacial score (nSPS) is 26.4. The van der Waals surface area contributed by atoms with Crippen molar-refractivity contribution in [1.29, 1.82) is 0 Å². The first-order chi connectivity index (χ1) is 11.0. The van der Waals surface area contributed by atoms with E-state index < -0.39 is 6.04 Å². The molecule has 0 spiro atoms. The molecule has 23 heavy (non-hydrogen) atoms. The van der Waals surface area contributed by atoms with Crippen LogP contribution in [0.5, 0.6) is 0 Å². The fourth-order valence-electron chi connectivity index (χ4n) is 2.88. The highest BCUT2D eigenvalue weighted by atomic mass is 16.6. The summed E-state index contributed by atoms with van der Waals surface area (Å²) in [5.74, 6) is 0.627. The van der Waals surface area contributed by atoms with E-state index in [1.807, 2.05) is 6.92 Å². The minimum atomic E-state index is -0.563. The number of rotatable bonds is 11. The van der Waals surface area contributed by atoms with Crippen LogP contribution < -0.4 is 21.3 Å². The molecular formula is C15H34N6O2. The summed E-state index contributed by atoms with van der Waals surface area (Å²) in [6.07, 6.45) is -0.0564. The Morgan fingerprint density at radius 3 is 2.74 bits per heavy atom. The molecule has 0 saturated carbocycles. The maximum absolute atomic E-state index is 10.9. The summed E-state index contributed by atoms with van der Waals surface area (Å²) >= 11 is 0. The molecule has 8 nitrogen and oxygen atoms in total. The van der Waals surface area contributed by atoms with Gasteiger partial charge in [0.15, 0.2) is 0 Å². The Bertz CT molecular complexity index is 344. The second kappa shape index (κ2) is 10.9. The van der Waals surface area contributed by atoms with Crippen LogP contribution in [0, 0.1) is 16.0 Å². The summed E-state index contributed by atoms with van der Waals surface area (Å²) in [4.78, 5) is 13.1. The maximum Gasteiger partial charge on any atom is 0.240 e. The SMILES string of the molecule is CCNC[C@H](C)CN(CC)CCN[C@H]1NC[C@@H]([N+](=O)[O-])[C@@H](C)N1. The highest BCUT2D eigenvalue weighted by Gasteiger charge is 2.34. The summed E-state index contributed by atoms with van der Waals surface area (Å²) < 4.78 is 0. The van der Waals surface area contributed by atoms with Gasteiger partial charge in [0, 0.05) is 24.6 Å². The number of nitro groups is 1. The van der Waals surface area contributed by atoms with E-state index in [1.54, 1.807) is 0 Å². The first kappa shape index (κ1) is 20.2. The van der Waals surface area contributed by atoms with Gasteiger partial charge in [-0.1, -0.05) is 20.8 Å². The second-order valence-electron chi connectivity index (χ2n) is 6.41. The molecule has 0 unspecified atom stereocenters. The Balaban J connectivity index is 2.23. The van der Waals surface area contributed by atoms with Gasteiger partial charge in [0.05, 0.1) is 12.6 Å². The van der Waals surface area contributed by atoms with Gasteiger partial charge in [0.1, 0.15) is 6.29 Å². The van der Waals surface area contributed by atoms with Gasteiger partial charge in [0.2, 0.25) is 6.04 Å². The molecule has 0 aliphatic carbocycles. The molecule has 1 heterocycles. The first-order valence-electron chi connectivity index (χ1n) is 8.77. The summed E-state index contributed by atoms with van der Waals surface area (Å²) in [7, 11) is 0. The van der Waals surface area contributed by atoms with Gasteiger partial charge < -0.3 is 10.2 Å². The third-order valence-electron chi connectivity index (χ3n) is 4.34. The van der Waals surface area contributed by atoms with E-state index in [4.69, 9.17) is 0 Å². The van der Waals surface area contributed by atoms with Crippen molar-refractivity contribution in [2.75, 3.05) is 45.8 Å². The second-order valence-corrected chi connectivity index (χ2v) is 6.41. The molecule has 0 aromatic rings. The van der Waals surface area contributed by atoms with Crippen LogP contribution in [0.3, 0.4) is 0 Å². The van der Waals surface area contributed by atoms with Crippen LogP contribution in [0.1, 0.15) is 27.7 Å². The highest BCUT2D eigenvalue weighted by molar-refractivity contribution is 4.83. The third kappa shape index (κ3) is 7.54. The molecule has 0 radical (unpaired) electrons. The lowest BCUT2D eigenvalue weighted by Gasteiger charge is -2.33. The molecule has 8 heteroatoms. The molecule has 4 N–H and O–H groups in total. The largest absolute Gasteiger partial charge is 0.317 e. The van der Waals surface area contributed by atoms with E-state index in [2.05, 4.69) is 46.9 Å². The van der Waals surface area contributed by atoms with Crippen molar-refractivity contribution in [3.63, 3.8) is 0 Å². The van der Waals surface area contributed by atoms with Crippen molar-refractivity contribution in [2.24, 2.45) is 5.92 Å². The summed E-state index contributed by atoms with van der Waals surface area (Å²) in [5, 5.41) is 24.0. The smallest absolute Gasteiger partial charge is 0.240 e. The van der Waals surface area contributed by atoms with E-state index in [-0.39, 0.29) is 17.3 Å². The van der Waals surface area contributed by atoms with Gasteiger partial charge in [0.25, 0.3) is 0 Å². The van der Waals surface area contributed by atoms with E-state index in [0.29, 0.717) is 12.5 Å². The van der Waals surface area contributed by atoms with Crippen LogP contribution in [0.25, 0.3) is 0 Å². The quantitative estimate of drug-likeness (QED) is 0.304. The molecule has 1 saturated heterocycles. The lowest BCUT2D eigenvalue weighted by molar-refractivity contribution is -0.526. The van der Waals surface area contributed by atoms with Gasteiger partial charge in [-0.15, -0.1) is 0 Å². The first-order valence-corrected chi connectivity index (χ1v) is 8.77. The van der Waals surface area contributed by atoms with Crippen LogP contribution in [-0.2, 0) is 0 Å². The van der Waals surface area contributed by atoms with Crippen molar-refractivity contribution in [1.82, 2.24) is 26.2 Å². The number of hydrogen-bond acceptors (Lipinski definition) is 7. The van der Waals surface area contributed by atoms with Crippen LogP contribution in [0.4, 0.5) is 0 Å². The van der Waals surface area contributed by atoms with Gasteiger partial charge >= 0.3 is 0 Å². The average molecular weight is 330 g/mol. The summed E-state index contributed by atoms with van der Waals surface area (Å²) in [6, 6.07) is -0.696. The molecule has 1 aliphatic heterocycles. The van der Waals surface area contributed by atoms with Gasteiger partial charge in [-0.25, -0.2) is 0 Å². The fourth-order valence-corrected chi connectivity index (χ4v) is 2.88. The van der Waals surface area contributed by atoms with E-state index in [9.17, 15) is 10.1 Å². The van der Waals surface area contributed by atoms with Crippen molar-refractivity contribution in [3.05, 3.63) is 10.1 Å². The number of hydrogen-bond donors (Lipinski definition) is 4. The fraction of sp³-hybridized carbons (Fsp3) is 1.00. The monoisotopic (exact) mass is 330 g/mol. The zero-order valence-electron chi connectivity index (χ0n) is 15.0. The number of nitrogens with one attached hydrogen (secondary N) is 4. The van der Waals surface area contributed by atoms with Crippen molar-refractivity contribution in [3.8, 4) is 0 Å². The average Bonchev–Trinajstić information content (AvgIpc) is 2.51. The molecule has 136 valence electrons. The van der Waals surface area contributed by atoms with Crippen LogP contribution in [0.2, 0.25) is 0 Å². The highest BCUT2D eigenvalue weighted by Crippen LogP contribution is 2.03. The van der Waals surface area contributed by atoms with Crippen LogP contribution >= 0.6 is 0 Å². The summed E-state index contributed by atoms with van der Waals surface area (Å²) in [5.41, 5.74) is 0. The van der Waals surface area contributed by atoms with E-state index in [1.165, 1.54) is 0 Å². The maximum atomic E-state index is 10.9. The zero-order valence-corrected chi connectivity index (χ0v) is 15.0. The molecule has 4 atom stereocenters. The lowest BCUT2D eigenvalue weighted by atomic mass is 10.1. The lowest BCUT2D eigenvalue weighted by Crippen LogP contribution is -2.67. The minimum Gasteiger partial charge on any atom is -0.317 e. The van der Waals surface area contributed by atoms with Gasteiger partial charge in [-0.2, -0.15) is 0 Å². The molecule has 1 aliphatic rings. The molecule has 0 aromatic carbocycles. The zero-order chi connectivity index (χ0) is 17.2. The minimum absolute atomic E-state index is 0.0564. The van der Waals surface area contributed by atoms with Crippen LogP contribution in [-0.4, -0.2) is 74.0 Å². The molecule has 0 aromatic heterocycles. The van der Waals surface area contributed by atoms with Crippen molar-refractivity contribution >= 4 is 0 Å². The topological polar surface area (TPSA) is 94.5 Å². The van der Waals surface area contributed by atoms with Crippen LogP contribution in [0.15, 0.2) is 0 Å².